The topological polar surface area (TPSA) is 200 Å². The van der Waals surface area contributed by atoms with E-state index < -0.39 is 48.3 Å². The van der Waals surface area contributed by atoms with Gasteiger partial charge in [-0.15, -0.1) is 0 Å². The van der Waals surface area contributed by atoms with E-state index in [1.54, 1.807) is 0 Å². The Bertz CT molecular complexity index is 2430. The Morgan fingerprint density at radius 1 is 0.481 bits per heavy atom. The van der Waals surface area contributed by atoms with Gasteiger partial charge < -0.3 is 48.5 Å². The number of benzene rings is 4. The van der Waals surface area contributed by atoms with Crippen LogP contribution in [0.15, 0.2) is 133 Å². The molecule has 16 heteroatoms. The lowest BCUT2D eigenvalue weighted by Crippen LogP contribution is -2.41. The summed E-state index contributed by atoms with van der Waals surface area (Å²) in [6.45, 7) is 14.4. The lowest BCUT2D eigenvalue weighted by Gasteiger charge is -2.46. The Labute approximate surface area is 464 Å². The van der Waals surface area contributed by atoms with Crippen molar-refractivity contribution in [3.05, 3.63) is 145 Å². The molecule has 6 rings (SSSR count). The highest BCUT2D eigenvalue weighted by Crippen LogP contribution is 2.49. The van der Waals surface area contributed by atoms with E-state index in [0.29, 0.717) is 11.8 Å². The lowest BCUT2D eigenvalue weighted by atomic mass is 9.60. The molecule has 16 nitrogen and oxygen atoms in total. The summed E-state index contributed by atoms with van der Waals surface area (Å²) in [6, 6.07) is 35.3. The SMILES string of the molecule is C=C(C)C(=O)OCCNC(=O)OC(COC(=O)Cc1ccc(-c2ccccc2)cc1)COC1CCC(C(C)(C)C2CCC(OCC(COC(=O)Cc3ccc(-c4ccccc4)cc3)OC(=O)NCCOC(=O)C(=C)C)CC2)CC1. The summed E-state index contributed by atoms with van der Waals surface area (Å²) in [5.74, 6) is -1.16. The second kappa shape index (κ2) is 31.3. The first-order valence-corrected chi connectivity index (χ1v) is 27.4. The predicted octanol–water partition coefficient (Wildman–Crippen LogP) is 10.5. The monoisotopic (exact) mass is 1090 g/mol. The van der Waals surface area contributed by atoms with E-state index in [-0.39, 0.29) is 94.3 Å². The van der Waals surface area contributed by atoms with Gasteiger partial charge in [-0.3, -0.25) is 9.59 Å². The highest BCUT2D eigenvalue weighted by atomic mass is 16.6. The fourth-order valence-corrected chi connectivity index (χ4v) is 9.92. The fraction of sp³-hybridized carbons (Fsp3) is 0.460. The zero-order valence-corrected chi connectivity index (χ0v) is 46.2. The van der Waals surface area contributed by atoms with Gasteiger partial charge in [0.2, 0.25) is 0 Å². The largest absolute Gasteiger partial charge is 0.461 e. The van der Waals surface area contributed by atoms with Crippen LogP contribution in [0.2, 0.25) is 0 Å². The van der Waals surface area contributed by atoms with E-state index >= 15 is 0 Å². The number of amides is 2. The van der Waals surface area contributed by atoms with Crippen LogP contribution in [0.3, 0.4) is 0 Å². The molecule has 2 unspecified atom stereocenters. The van der Waals surface area contributed by atoms with Crippen LogP contribution in [0.5, 0.6) is 0 Å². The van der Waals surface area contributed by atoms with Crippen LogP contribution in [0.1, 0.15) is 90.2 Å². The first kappa shape index (κ1) is 60.9. The number of nitrogens with one attached hydrogen (secondary N) is 2. The molecule has 4 aromatic carbocycles. The van der Waals surface area contributed by atoms with Gasteiger partial charge in [-0.05, 0) is 116 Å². The standard InChI is InChI=1S/C63H78N2O14/c1-43(2)59(68)72-35-33-64-61(70)78-55(41-76-57(66)37-45-17-21-49(22-18-45)47-13-9-7-10-14-47)39-74-53-29-25-51(26-30-53)63(5,6)52-27-31-54(32-28-52)75-40-56(79-62(71)65-34-36-73-60(69)44(3)4)42-77-58(67)38-46-19-23-50(24-20-46)48-15-11-8-12-16-48/h7-24,51-56H,1,3,25-42H2,2,4-6H3,(H,64,70)(H,65,71). The van der Waals surface area contributed by atoms with Crippen molar-refractivity contribution < 1.29 is 66.7 Å². The van der Waals surface area contributed by atoms with Gasteiger partial charge in [-0.1, -0.05) is 136 Å². The summed E-state index contributed by atoms with van der Waals surface area (Å²) < 4.78 is 45.5. The zero-order chi connectivity index (χ0) is 56.6. The summed E-state index contributed by atoms with van der Waals surface area (Å²) in [4.78, 5) is 75.3. The molecule has 0 radical (unpaired) electrons. The quantitative estimate of drug-likeness (QED) is 0.0235. The third-order valence-corrected chi connectivity index (χ3v) is 14.6. The summed E-state index contributed by atoms with van der Waals surface area (Å²) >= 11 is 0. The van der Waals surface area contributed by atoms with Gasteiger partial charge in [0.05, 0.1) is 51.4 Å². The predicted molar refractivity (Wildman–Crippen MR) is 298 cm³/mol. The van der Waals surface area contributed by atoms with E-state index in [0.717, 1.165) is 84.7 Å². The molecule has 2 saturated carbocycles. The number of hydrogen-bond donors (Lipinski definition) is 2. The van der Waals surface area contributed by atoms with Gasteiger partial charge >= 0.3 is 36.1 Å². The minimum atomic E-state index is -0.887. The number of esters is 4. The first-order chi connectivity index (χ1) is 38.0. The molecule has 79 heavy (non-hydrogen) atoms. The van der Waals surface area contributed by atoms with Gasteiger partial charge in [-0.2, -0.15) is 0 Å². The van der Waals surface area contributed by atoms with Gasteiger partial charge in [0.15, 0.2) is 12.2 Å². The second-order valence-corrected chi connectivity index (χ2v) is 21.0. The minimum absolute atomic E-state index is 0.0141. The molecular formula is C63H78N2O14. The molecule has 2 amide bonds. The van der Waals surface area contributed by atoms with Gasteiger partial charge in [0.25, 0.3) is 0 Å². The Morgan fingerprint density at radius 3 is 1.16 bits per heavy atom. The second-order valence-electron chi connectivity index (χ2n) is 21.0. The average Bonchev–Trinajstić information content (AvgIpc) is 3.50. The minimum Gasteiger partial charge on any atom is -0.461 e. The fourth-order valence-electron chi connectivity index (χ4n) is 9.92. The van der Waals surface area contributed by atoms with Crippen molar-refractivity contribution in [2.75, 3.05) is 52.7 Å². The van der Waals surface area contributed by atoms with Crippen LogP contribution in [0.25, 0.3) is 22.3 Å². The van der Waals surface area contributed by atoms with Gasteiger partial charge in [-0.25, -0.2) is 19.2 Å². The van der Waals surface area contributed by atoms with Gasteiger partial charge in [0, 0.05) is 11.1 Å². The molecular weight excluding hydrogens is 1010 g/mol. The molecule has 0 aromatic heterocycles. The number of carbonyl (C=O) groups is 6. The number of rotatable bonds is 28. The molecule has 0 aliphatic heterocycles. The van der Waals surface area contributed by atoms with Crippen molar-refractivity contribution in [3.8, 4) is 22.3 Å². The highest BCUT2D eigenvalue weighted by molar-refractivity contribution is 5.87. The maximum absolute atomic E-state index is 13.0. The Hall–Kier alpha value is -7.30. The number of carbonyl (C=O) groups excluding carboxylic acids is 6. The maximum Gasteiger partial charge on any atom is 0.407 e. The highest BCUT2D eigenvalue weighted by Gasteiger charge is 2.41. The molecule has 0 spiro atoms. The normalized spacial score (nSPS) is 17.9. The van der Waals surface area contributed by atoms with Crippen LogP contribution in [0.4, 0.5) is 9.59 Å². The third-order valence-electron chi connectivity index (χ3n) is 14.6. The number of ether oxygens (including phenoxy) is 8. The molecule has 4 aromatic rings. The average molecular weight is 1090 g/mol. The van der Waals surface area contributed by atoms with E-state index in [2.05, 4.69) is 37.6 Å². The van der Waals surface area contributed by atoms with Crippen LogP contribution in [0, 0.1) is 17.3 Å². The summed E-state index contributed by atoms with van der Waals surface area (Å²) in [6.07, 6.45) is 3.72. The summed E-state index contributed by atoms with van der Waals surface area (Å²) in [7, 11) is 0. The lowest BCUT2D eigenvalue weighted by molar-refractivity contribution is -0.148. The van der Waals surface area contributed by atoms with Crippen molar-refractivity contribution in [1.82, 2.24) is 10.6 Å². The van der Waals surface area contributed by atoms with Crippen LogP contribution < -0.4 is 10.6 Å². The zero-order valence-electron chi connectivity index (χ0n) is 46.2. The van der Waals surface area contributed by atoms with Crippen molar-refractivity contribution >= 4 is 36.1 Å². The molecule has 2 atom stereocenters. The maximum atomic E-state index is 13.0. The van der Waals surface area contributed by atoms with Crippen molar-refractivity contribution in [2.45, 2.75) is 116 Å². The van der Waals surface area contributed by atoms with Crippen molar-refractivity contribution in [2.24, 2.45) is 17.3 Å². The smallest absolute Gasteiger partial charge is 0.407 e. The van der Waals surface area contributed by atoms with Crippen LogP contribution >= 0.6 is 0 Å². The molecule has 2 N–H and O–H groups in total. The van der Waals surface area contributed by atoms with E-state index in [1.807, 2.05) is 109 Å². The van der Waals surface area contributed by atoms with Crippen molar-refractivity contribution in [3.63, 3.8) is 0 Å². The molecule has 0 heterocycles. The Morgan fingerprint density at radius 2 is 0.823 bits per heavy atom. The Balaban J connectivity index is 0.948. The molecule has 0 saturated heterocycles. The Kier molecular flexibility index (Phi) is 24.2. The number of hydrogen-bond acceptors (Lipinski definition) is 14. The van der Waals surface area contributed by atoms with Crippen LogP contribution in [-0.4, -0.2) is 113 Å². The van der Waals surface area contributed by atoms with Crippen LogP contribution in [-0.2, 0) is 69.9 Å². The summed E-state index contributed by atoms with van der Waals surface area (Å²) in [5.41, 5.74) is 6.31. The molecule has 424 valence electrons. The first-order valence-electron chi connectivity index (χ1n) is 27.4. The van der Waals surface area contributed by atoms with Crippen molar-refractivity contribution in [1.29, 1.82) is 0 Å². The third kappa shape index (κ3) is 20.8. The molecule has 2 aliphatic rings. The summed E-state index contributed by atoms with van der Waals surface area (Å²) in [5, 5.41) is 5.15. The molecule has 2 aliphatic carbocycles. The van der Waals surface area contributed by atoms with E-state index in [1.165, 1.54) is 13.8 Å². The molecule has 2 fully saturated rings. The number of alkyl carbamates (subject to hydrolysis) is 2. The van der Waals surface area contributed by atoms with Gasteiger partial charge in [0.1, 0.15) is 26.4 Å². The molecule has 0 bridgehead atoms. The van der Waals surface area contributed by atoms with E-state index in [4.69, 9.17) is 37.9 Å². The van der Waals surface area contributed by atoms with E-state index in [9.17, 15) is 28.8 Å².